The predicted molar refractivity (Wildman–Crippen MR) is 64.9 cm³/mol. The van der Waals surface area contributed by atoms with Crippen LogP contribution in [0.25, 0.3) is 0 Å². The zero-order chi connectivity index (χ0) is 10.2. The Morgan fingerprint density at radius 1 is 1.21 bits per heavy atom. The van der Waals surface area contributed by atoms with E-state index in [-0.39, 0.29) is 0 Å². The monoisotopic (exact) mass is 252 g/mol. The van der Waals surface area contributed by atoms with Crippen LogP contribution in [0.4, 0.5) is 0 Å². The van der Waals surface area contributed by atoms with Crippen LogP contribution < -0.4 is 0 Å². The van der Waals surface area contributed by atoms with Crippen molar-refractivity contribution in [1.29, 1.82) is 0 Å². The van der Waals surface area contributed by atoms with Crippen LogP contribution in [0.15, 0.2) is 30.3 Å². The maximum Gasteiger partial charge on any atom is 0.00912 e. The highest BCUT2D eigenvalue weighted by Crippen LogP contribution is 2.60. The summed E-state index contributed by atoms with van der Waals surface area (Å²) in [5.74, 6) is 0. The van der Waals surface area contributed by atoms with Gasteiger partial charge in [0.2, 0.25) is 0 Å². The molecule has 1 aliphatic rings. The molecule has 1 saturated carbocycles. The quantitative estimate of drug-likeness (QED) is 0.710. The topological polar surface area (TPSA) is 0 Å². The van der Waals surface area contributed by atoms with Crippen LogP contribution in [-0.2, 0) is 5.41 Å². The average Bonchev–Trinajstić information content (AvgIpc) is 3.00. The van der Waals surface area contributed by atoms with E-state index in [2.05, 4.69) is 60.1 Å². The third-order valence-corrected chi connectivity index (χ3v) is 5.11. The summed E-state index contributed by atoms with van der Waals surface area (Å²) in [4.78, 5) is 0. The molecule has 0 nitrogen and oxygen atoms in total. The largest absolute Gasteiger partial charge is 0.0922 e. The van der Waals surface area contributed by atoms with Crippen molar-refractivity contribution in [2.45, 2.75) is 32.1 Å². The van der Waals surface area contributed by atoms with E-state index in [1.165, 1.54) is 18.4 Å². The Morgan fingerprint density at radius 2 is 1.79 bits per heavy atom. The summed E-state index contributed by atoms with van der Waals surface area (Å²) < 4.78 is 0. The molecule has 0 amide bonds. The van der Waals surface area contributed by atoms with E-state index >= 15 is 0 Å². The Bertz CT molecular complexity index is 309. The fraction of sp³-hybridized carbons (Fsp3) is 0.538. The van der Waals surface area contributed by atoms with Crippen molar-refractivity contribution in [3.8, 4) is 0 Å². The summed E-state index contributed by atoms with van der Waals surface area (Å²) in [5.41, 5.74) is 2.33. The molecule has 0 unspecified atom stereocenters. The molecule has 2 rings (SSSR count). The molecule has 0 atom stereocenters. The number of halogens is 1. The SMILES string of the molecule is CC(C)(CBr)C1(c2ccccc2)CC1. The van der Waals surface area contributed by atoms with E-state index in [0.29, 0.717) is 10.8 Å². The van der Waals surface area contributed by atoms with Gasteiger partial charge in [-0.1, -0.05) is 60.1 Å². The van der Waals surface area contributed by atoms with Crippen LogP contribution in [0.2, 0.25) is 0 Å². The van der Waals surface area contributed by atoms with Crippen LogP contribution in [0.1, 0.15) is 32.3 Å². The molecule has 1 aromatic rings. The van der Waals surface area contributed by atoms with E-state index in [9.17, 15) is 0 Å². The molecular formula is C13H17Br. The van der Waals surface area contributed by atoms with Gasteiger partial charge in [0.25, 0.3) is 0 Å². The first kappa shape index (κ1) is 10.2. The summed E-state index contributed by atoms with van der Waals surface area (Å²) in [5, 5.41) is 1.08. The third-order valence-electron chi connectivity index (χ3n) is 3.71. The lowest BCUT2D eigenvalue weighted by molar-refractivity contribution is 0.309. The second-order valence-electron chi connectivity index (χ2n) is 4.97. The Kier molecular flexibility index (Phi) is 2.46. The molecule has 0 aliphatic heterocycles. The molecule has 0 saturated heterocycles. The fourth-order valence-electron chi connectivity index (χ4n) is 2.37. The zero-order valence-corrected chi connectivity index (χ0v) is 10.5. The van der Waals surface area contributed by atoms with Gasteiger partial charge in [0, 0.05) is 10.7 Å². The molecule has 1 aromatic carbocycles. The summed E-state index contributed by atoms with van der Waals surface area (Å²) in [7, 11) is 0. The summed E-state index contributed by atoms with van der Waals surface area (Å²) >= 11 is 3.64. The van der Waals surface area contributed by atoms with Gasteiger partial charge in [-0.05, 0) is 23.8 Å². The maximum atomic E-state index is 3.64. The van der Waals surface area contributed by atoms with Crippen LogP contribution in [0.3, 0.4) is 0 Å². The molecule has 1 aliphatic carbocycles. The van der Waals surface area contributed by atoms with E-state index < -0.39 is 0 Å². The van der Waals surface area contributed by atoms with Gasteiger partial charge in [-0.3, -0.25) is 0 Å². The van der Waals surface area contributed by atoms with Crippen molar-refractivity contribution < 1.29 is 0 Å². The van der Waals surface area contributed by atoms with E-state index in [1.807, 2.05) is 0 Å². The minimum atomic E-state index is 0.369. The second-order valence-corrected chi connectivity index (χ2v) is 5.53. The van der Waals surface area contributed by atoms with Crippen LogP contribution in [0.5, 0.6) is 0 Å². The van der Waals surface area contributed by atoms with Crippen molar-refractivity contribution in [3.63, 3.8) is 0 Å². The summed E-state index contributed by atoms with van der Waals surface area (Å²) in [6.45, 7) is 4.73. The number of benzene rings is 1. The number of hydrogen-bond donors (Lipinski definition) is 0. The van der Waals surface area contributed by atoms with Gasteiger partial charge in [0.05, 0.1) is 0 Å². The van der Waals surface area contributed by atoms with E-state index in [4.69, 9.17) is 0 Å². The highest BCUT2D eigenvalue weighted by molar-refractivity contribution is 9.09. The molecule has 0 aromatic heterocycles. The maximum absolute atomic E-state index is 3.64. The van der Waals surface area contributed by atoms with E-state index in [0.717, 1.165) is 5.33 Å². The molecule has 0 spiro atoms. The van der Waals surface area contributed by atoms with Gasteiger partial charge >= 0.3 is 0 Å². The molecule has 0 bridgehead atoms. The van der Waals surface area contributed by atoms with Crippen LogP contribution >= 0.6 is 15.9 Å². The normalized spacial score (nSPS) is 19.4. The van der Waals surface area contributed by atoms with Gasteiger partial charge in [0.1, 0.15) is 0 Å². The van der Waals surface area contributed by atoms with Gasteiger partial charge in [-0.15, -0.1) is 0 Å². The Morgan fingerprint density at radius 3 is 2.21 bits per heavy atom. The average molecular weight is 253 g/mol. The lowest BCUT2D eigenvalue weighted by Gasteiger charge is -2.33. The first-order valence-corrected chi connectivity index (χ1v) is 6.36. The fourth-order valence-corrected chi connectivity index (χ4v) is 2.90. The van der Waals surface area contributed by atoms with Crippen molar-refractivity contribution >= 4 is 15.9 Å². The first-order valence-electron chi connectivity index (χ1n) is 5.24. The Labute approximate surface area is 94.8 Å². The molecule has 0 heterocycles. The lowest BCUT2D eigenvalue weighted by Crippen LogP contribution is -2.30. The number of rotatable bonds is 3. The Balaban J connectivity index is 2.35. The van der Waals surface area contributed by atoms with Gasteiger partial charge in [-0.25, -0.2) is 0 Å². The third kappa shape index (κ3) is 1.42. The molecule has 0 N–H and O–H groups in total. The number of hydrogen-bond acceptors (Lipinski definition) is 0. The highest BCUT2D eigenvalue weighted by atomic mass is 79.9. The Hall–Kier alpha value is -0.300. The summed E-state index contributed by atoms with van der Waals surface area (Å²) in [6, 6.07) is 11.0. The lowest BCUT2D eigenvalue weighted by atomic mass is 9.73. The van der Waals surface area contributed by atoms with Crippen LogP contribution in [0, 0.1) is 5.41 Å². The zero-order valence-electron chi connectivity index (χ0n) is 8.89. The number of alkyl halides is 1. The highest BCUT2D eigenvalue weighted by Gasteiger charge is 2.54. The van der Waals surface area contributed by atoms with Crippen LogP contribution in [-0.4, -0.2) is 5.33 Å². The predicted octanol–water partition coefficient (Wildman–Crippen LogP) is 4.14. The van der Waals surface area contributed by atoms with E-state index in [1.54, 1.807) is 0 Å². The van der Waals surface area contributed by atoms with Crippen molar-refractivity contribution in [1.82, 2.24) is 0 Å². The second kappa shape index (κ2) is 3.37. The van der Waals surface area contributed by atoms with Gasteiger partial charge < -0.3 is 0 Å². The summed E-state index contributed by atoms with van der Waals surface area (Å²) in [6.07, 6.45) is 2.69. The van der Waals surface area contributed by atoms with Gasteiger partial charge in [0.15, 0.2) is 0 Å². The van der Waals surface area contributed by atoms with Crippen molar-refractivity contribution in [2.75, 3.05) is 5.33 Å². The first-order chi connectivity index (χ1) is 6.62. The molecule has 1 heteroatoms. The smallest absolute Gasteiger partial charge is 0.00912 e. The minimum absolute atomic E-state index is 0.369. The molecular weight excluding hydrogens is 236 g/mol. The standard InChI is InChI=1S/C13H17Br/c1-12(2,10-14)13(8-9-13)11-6-4-3-5-7-11/h3-7H,8-10H2,1-2H3. The molecule has 0 radical (unpaired) electrons. The van der Waals surface area contributed by atoms with Crippen molar-refractivity contribution in [3.05, 3.63) is 35.9 Å². The molecule has 76 valence electrons. The minimum Gasteiger partial charge on any atom is -0.0922 e. The van der Waals surface area contributed by atoms with Gasteiger partial charge in [-0.2, -0.15) is 0 Å². The molecule has 1 fully saturated rings. The van der Waals surface area contributed by atoms with Crippen molar-refractivity contribution in [2.24, 2.45) is 5.41 Å². The molecule has 14 heavy (non-hydrogen) atoms.